The van der Waals surface area contributed by atoms with Crippen LogP contribution in [0.5, 0.6) is 0 Å². The average molecular weight is 415 g/mol. The summed E-state index contributed by atoms with van der Waals surface area (Å²) in [5, 5.41) is 0. The van der Waals surface area contributed by atoms with E-state index in [1.807, 2.05) is 0 Å². The van der Waals surface area contributed by atoms with Gasteiger partial charge in [0.05, 0.1) is 0 Å². The summed E-state index contributed by atoms with van der Waals surface area (Å²) in [6.45, 7) is 16.4. The third-order valence-corrected chi connectivity index (χ3v) is 7.59. The molecule has 0 N–H and O–H groups in total. The van der Waals surface area contributed by atoms with Crippen molar-refractivity contribution in [3.63, 3.8) is 0 Å². The lowest BCUT2D eigenvalue weighted by molar-refractivity contribution is 0.104. The monoisotopic (exact) mass is 414 g/mol. The van der Waals surface area contributed by atoms with Crippen LogP contribution in [-0.2, 0) is 13.1 Å². The van der Waals surface area contributed by atoms with E-state index in [0.717, 1.165) is 25.2 Å². The molecule has 2 aliphatic rings. The van der Waals surface area contributed by atoms with Crippen molar-refractivity contribution in [2.45, 2.75) is 90.6 Å². The maximum Gasteiger partial charge on any atom is 0.0233 e. The zero-order valence-corrected chi connectivity index (χ0v) is 20.5. The zero-order valence-electron chi connectivity index (χ0n) is 20.5. The standard InChI is InChI=1S/C26H46N4/c1-21(2)29-15-11-25(12-16-29)27(5)19-23-7-9-24(10-8-23)20-28(6)26-13-17-30(18-14-26)22(3)4/h7-10,21-22,25-26H,11-20H2,1-6H3. The molecule has 0 unspecified atom stereocenters. The van der Waals surface area contributed by atoms with Crippen LogP contribution in [0.4, 0.5) is 0 Å². The van der Waals surface area contributed by atoms with Crippen LogP contribution in [0.25, 0.3) is 0 Å². The highest BCUT2D eigenvalue weighted by Crippen LogP contribution is 2.21. The fourth-order valence-electron chi connectivity index (χ4n) is 5.27. The van der Waals surface area contributed by atoms with Gasteiger partial charge >= 0.3 is 0 Å². The number of hydrogen-bond acceptors (Lipinski definition) is 4. The molecular formula is C26H46N4. The van der Waals surface area contributed by atoms with Gasteiger partial charge in [-0.1, -0.05) is 24.3 Å². The fourth-order valence-corrected chi connectivity index (χ4v) is 5.27. The Hall–Kier alpha value is -0.940. The quantitative estimate of drug-likeness (QED) is 0.629. The van der Waals surface area contributed by atoms with Crippen molar-refractivity contribution in [1.29, 1.82) is 0 Å². The van der Waals surface area contributed by atoms with Crippen LogP contribution < -0.4 is 0 Å². The minimum atomic E-state index is 0.685. The first-order chi connectivity index (χ1) is 14.3. The lowest BCUT2D eigenvalue weighted by atomic mass is 10.0. The van der Waals surface area contributed by atoms with Crippen molar-refractivity contribution >= 4 is 0 Å². The van der Waals surface area contributed by atoms with Crippen LogP contribution in [-0.4, -0.2) is 84.0 Å². The molecule has 0 bridgehead atoms. The van der Waals surface area contributed by atoms with Gasteiger partial charge in [-0.15, -0.1) is 0 Å². The van der Waals surface area contributed by atoms with Gasteiger partial charge < -0.3 is 9.80 Å². The summed E-state index contributed by atoms with van der Waals surface area (Å²) in [6, 6.07) is 12.2. The number of piperidine rings is 2. The second kappa shape index (κ2) is 11.1. The summed E-state index contributed by atoms with van der Waals surface area (Å²) in [5.74, 6) is 0. The van der Waals surface area contributed by atoms with E-state index in [9.17, 15) is 0 Å². The normalized spacial score (nSPS) is 20.9. The van der Waals surface area contributed by atoms with Gasteiger partial charge in [-0.25, -0.2) is 0 Å². The Balaban J connectivity index is 1.43. The van der Waals surface area contributed by atoms with E-state index in [0.29, 0.717) is 12.1 Å². The summed E-state index contributed by atoms with van der Waals surface area (Å²) in [5.41, 5.74) is 2.89. The van der Waals surface area contributed by atoms with E-state index in [4.69, 9.17) is 0 Å². The molecule has 2 heterocycles. The highest BCUT2D eigenvalue weighted by atomic mass is 15.2. The maximum atomic E-state index is 2.61. The number of likely N-dealkylation sites (tertiary alicyclic amines) is 2. The van der Waals surface area contributed by atoms with E-state index < -0.39 is 0 Å². The molecule has 2 aliphatic heterocycles. The minimum absolute atomic E-state index is 0.685. The van der Waals surface area contributed by atoms with Gasteiger partial charge in [0.2, 0.25) is 0 Å². The molecule has 2 saturated heterocycles. The summed E-state index contributed by atoms with van der Waals surface area (Å²) in [4.78, 5) is 10.4. The topological polar surface area (TPSA) is 13.0 Å². The van der Waals surface area contributed by atoms with E-state index in [-0.39, 0.29) is 0 Å². The summed E-state index contributed by atoms with van der Waals surface area (Å²) >= 11 is 0. The van der Waals surface area contributed by atoms with Gasteiger partial charge in [0.25, 0.3) is 0 Å². The molecule has 1 aromatic carbocycles. The van der Waals surface area contributed by atoms with Gasteiger partial charge in [-0.2, -0.15) is 0 Å². The van der Waals surface area contributed by atoms with Crippen molar-refractivity contribution in [1.82, 2.24) is 19.6 Å². The van der Waals surface area contributed by atoms with Crippen molar-refractivity contribution in [2.24, 2.45) is 0 Å². The first-order valence-electron chi connectivity index (χ1n) is 12.3. The van der Waals surface area contributed by atoms with Crippen molar-refractivity contribution in [3.05, 3.63) is 35.4 Å². The van der Waals surface area contributed by atoms with Crippen LogP contribution in [0.1, 0.15) is 64.5 Å². The van der Waals surface area contributed by atoms with Gasteiger partial charge in [0.1, 0.15) is 0 Å². The molecule has 1 aromatic rings. The molecule has 0 radical (unpaired) electrons. The maximum absolute atomic E-state index is 2.61. The summed E-state index contributed by atoms with van der Waals surface area (Å²) in [6.07, 6.45) is 5.20. The molecule has 0 spiro atoms. The Labute approximate surface area is 186 Å². The van der Waals surface area contributed by atoms with E-state index in [1.165, 1.54) is 63.0 Å². The Morgan fingerprint density at radius 2 is 0.967 bits per heavy atom. The molecule has 4 heteroatoms. The first kappa shape index (κ1) is 23.7. The van der Waals surface area contributed by atoms with Crippen LogP contribution in [0, 0.1) is 0 Å². The second-order valence-corrected chi connectivity index (χ2v) is 10.4. The van der Waals surface area contributed by atoms with Crippen LogP contribution in [0.2, 0.25) is 0 Å². The largest absolute Gasteiger partial charge is 0.301 e. The number of hydrogen-bond donors (Lipinski definition) is 0. The molecule has 0 aromatic heterocycles. The van der Waals surface area contributed by atoms with E-state index >= 15 is 0 Å². The lowest BCUT2D eigenvalue weighted by Crippen LogP contribution is -2.45. The van der Waals surface area contributed by atoms with Gasteiger partial charge in [0, 0.05) is 37.3 Å². The predicted octanol–water partition coefficient (Wildman–Crippen LogP) is 4.30. The number of benzene rings is 1. The third-order valence-electron chi connectivity index (χ3n) is 7.59. The van der Waals surface area contributed by atoms with Crippen molar-refractivity contribution < 1.29 is 0 Å². The molecule has 0 saturated carbocycles. The van der Waals surface area contributed by atoms with Crippen LogP contribution >= 0.6 is 0 Å². The molecule has 3 rings (SSSR count). The van der Waals surface area contributed by atoms with E-state index in [2.05, 4.69) is 85.7 Å². The molecule has 0 aliphatic carbocycles. The molecule has 0 atom stereocenters. The Morgan fingerprint density at radius 3 is 1.23 bits per heavy atom. The lowest BCUT2D eigenvalue weighted by Gasteiger charge is -2.38. The Bertz CT molecular complexity index is 555. The number of rotatable bonds is 8. The third kappa shape index (κ3) is 6.53. The highest BCUT2D eigenvalue weighted by Gasteiger charge is 2.25. The van der Waals surface area contributed by atoms with Crippen LogP contribution in [0.15, 0.2) is 24.3 Å². The van der Waals surface area contributed by atoms with Crippen molar-refractivity contribution in [3.8, 4) is 0 Å². The zero-order chi connectivity index (χ0) is 21.7. The summed E-state index contributed by atoms with van der Waals surface area (Å²) in [7, 11) is 4.61. The SMILES string of the molecule is CC(C)N1CCC(N(C)Cc2ccc(CN(C)C3CCN(C(C)C)CC3)cc2)CC1. The van der Waals surface area contributed by atoms with E-state index in [1.54, 1.807) is 0 Å². The molecule has 170 valence electrons. The predicted molar refractivity (Wildman–Crippen MR) is 129 cm³/mol. The van der Waals surface area contributed by atoms with Crippen LogP contribution in [0.3, 0.4) is 0 Å². The van der Waals surface area contributed by atoms with Crippen molar-refractivity contribution in [2.75, 3.05) is 40.3 Å². The van der Waals surface area contributed by atoms with Gasteiger partial charge in [-0.3, -0.25) is 9.80 Å². The smallest absolute Gasteiger partial charge is 0.0233 e. The molecule has 4 nitrogen and oxygen atoms in total. The molecular weight excluding hydrogens is 368 g/mol. The van der Waals surface area contributed by atoms with Gasteiger partial charge in [0.15, 0.2) is 0 Å². The fraction of sp³-hybridized carbons (Fsp3) is 0.769. The minimum Gasteiger partial charge on any atom is -0.301 e. The molecule has 2 fully saturated rings. The molecule has 30 heavy (non-hydrogen) atoms. The average Bonchev–Trinajstić information content (AvgIpc) is 2.75. The Kier molecular flexibility index (Phi) is 8.76. The number of nitrogens with zero attached hydrogens (tertiary/aromatic N) is 4. The highest BCUT2D eigenvalue weighted by molar-refractivity contribution is 5.22. The molecule has 0 amide bonds. The summed E-state index contributed by atoms with van der Waals surface area (Å²) < 4.78 is 0. The second-order valence-electron chi connectivity index (χ2n) is 10.4. The first-order valence-corrected chi connectivity index (χ1v) is 12.3. The Morgan fingerprint density at radius 1 is 0.667 bits per heavy atom. The van der Waals surface area contributed by atoms with Gasteiger partial charge in [-0.05, 0) is 105 Å².